The van der Waals surface area contributed by atoms with Crippen LogP contribution in [0.3, 0.4) is 0 Å². The Balaban J connectivity index is 2.16. The highest BCUT2D eigenvalue weighted by molar-refractivity contribution is 7.84. The zero-order valence-electron chi connectivity index (χ0n) is 9.13. The van der Waals surface area contributed by atoms with Crippen molar-refractivity contribution >= 4 is 28.4 Å². The fraction of sp³-hybridized carbons (Fsp3) is 0.0833. The van der Waals surface area contributed by atoms with Gasteiger partial charge in [0.15, 0.2) is 0 Å². The lowest BCUT2D eigenvalue weighted by molar-refractivity contribution is 0.0661. The minimum Gasteiger partial charge on any atom is -0.475 e. The van der Waals surface area contributed by atoms with Crippen LogP contribution in [0.4, 0.5) is 0 Å². The van der Waals surface area contributed by atoms with Gasteiger partial charge in [-0.15, -0.1) is 0 Å². The molecule has 1 aromatic heterocycles. The highest BCUT2D eigenvalue weighted by Crippen LogP contribution is 2.22. The molecule has 94 valence electrons. The van der Waals surface area contributed by atoms with Crippen molar-refractivity contribution in [3.05, 3.63) is 52.9 Å². The van der Waals surface area contributed by atoms with Gasteiger partial charge in [-0.25, -0.2) is 4.79 Å². The molecule has 4 nitrogen and oxygen atoms in total. The Labute approximate surface area is 111 Å². The number of furan rings is 1. The van der Waals surface area contributed by atoms with Crippen molar-refractivity contribution in [1.82, 2.24) is 0 Å². The quantitative estimate of drug-likeness (QED) is 0.937. The van der Waals surface area contributed by atoms with Gasteiger partial charge >= 0.3 is 5.97 Å². The summed E-state index contributed by atoms with van der Waals surface area (Å²) < 4.78 is 17.1. The van der Waals surface area contributed by atoms with E-state index in [1.165, 1.54) is 12.1 Å². The number of carboxylic acid groups (broad SMARTS) is 1. The van der Waals surface area contributed by atoms with Crippen molar-refractivity contribution in [2.75, 3.05) is 0 Å². The Morgan fingerprint density at radius 2 is 2.00 bits per heavy atom. The van der Waals surface area contributed by atoms with Gasteiger partial charge in [-0.2, -0.15) is 0 Å². The molecule has 0 fully saturated rings. The summed E-state index contributed by atoms with van der Waals surface area (Å²) >= 11 is 5.92. The Kier molecular flexibility index (Phi) is 3.84. The monoisotopic (exact) mass is 284 g/mol. The first kappa shape index (κ1) is 12.9. The number of hydrogen-bond donors (Lipinski definition) is 1. The molecule has 1 N–H and O–H groups in total. The van der Waals surface area contributed by atoms with Crippen LogP contribution in [-0.2, 0) is 16.6 Å². The molecular formula is C12H9ClO4S. The van der Waals surface area contributed by atoms with E-state index in [2.05, 4.69) is 0 Å². The molecule has 0 aliphatic rings. The molecule has 2 aromatic rings. The van der Waals surface area contributed by atoms with Gasteiger partial charge in [0, 0.05) is 0 Å². The van der Waals surface area contributed by atoms with E-state index >= 15 is 0 Å². The van der Waals surface area contributed by atoms with Crippen molar-refractivity contribution < 1.29 is 18.5 Å². The van der Waals surface area contributed by atoms with Gasteiger partial charge in [-0.1, -0.05) is 23.7 Å². The molecule has 1 atom stereocenters. The molecule has 1 aromatic carbocycles. The second kappa shape index (κ2) is 5.37. The van der Waals surface area contributed by atoms with Crippen LogP contribution in [0.2, 0.25) is 5.02 Å². The largest absolute Gasteiger partial charge is 0.475 e. The van der Waals surface area contributed by atoms with Gasteiger partial charge in [-0.3, -0.25) is 4.21 Å². The normalized spacial score (nSPS) is 12.3. The second-order valence-corrected chi connectivity index (χ2v) is 5.32. The van der Waals surface area contributed by atoms with E-state index in [9.17, 15) is 9.00 Å². The molecule has 2 rings (SSSR count). The maximum absolute atomic E-state index is 12.0. The summed E-state index contributed by atoms with van der Waals surface area (Å²) in [4.78, 5) is 11.1. The van der Waals surface area contributed by atoms with Crippen LogP contribution in [0.25, 0.3) is 0 Å². The molecule has 0 aliphatic heterocycles. The smallest absolute Gasteiger partial charge is 0.371 e. The third-order valence-electron chi connectivity index (χ3n) is 2.23. The van der Waals surface area contributed by atoms with Crippen molar-refractivity contribution in [3.63, 3.8) is 0 Å². The average molecular weight is 285 g/mol. The first-order valence-electron chi connectivity index (χ1n) is 5.03. The molecule has 0 spiro atoms. The predicted molar refractivity (Wildman–Crippen MR) is 67.2 cm³/mol. The molecule has 18 heavy (non-hydrogen) atoms. The lowest BCUT2D eigenvalue weighted by Gasteiger charge is -2.02. The first-order chi connectivity index (χ1) is 8.58. The fourth-order valence-corrected chi connectivity index (χ4v) is 2.89. The number of hydrogen-bond acceptors (Lipinski definition) is 3. The molecule has 0 amide bonds. The van der Waals surface area contributed by atoms with Crippen molar-refractivity contribution in [3.8, 4) is 0 Å². The van der Waals surface area contributed by atoms with Crippen LogP contribution in [0, 0.1) is 0 Å². The first-order valence-corrected chi connectivity index (χ1v) is 6.72. The number of rotatable bonds is 4. The zero-order chi connectivity index (χ0) is 13.1. The molecule has 0 saturated carbocycles. The minimum atomic E-state index is -1.36. The van der Waals surface area contributed by atoms with Crippen LogP contribution in [0.15, 0.2) is 45.7 Å². The van der Waals surface area contributed by atoms with Crippen LogP contribution in [-0.4, -0.2) is 15.3 Å². The highest BCUT2D eigenvalue weighted by atomic mass is 35.5. The van der Waals surface area contributed by atoms with E-state index in [1.54, 1.807) is 24.3 Å². The predicted octanol–water partition coefficient (Wildman–Crippen LogP) is 2.94. The zero-order valence-corrected chi connectivity index (χ0v) is 10.7. The third-order valence-corrected chi connectivity index (χ3v) is 4.06. The number of aromatic carboxylic acids is 1. The number of benzene rings is 1. The Hall–Kier alpha value is -1.59. The van der Waals surface area contributed by atoms with Crippen LogP contribution in [0.5, 0.6) is 0 Å². The summed E-state index contributed by atoms with van der Waals surface area (Å²) in [5.41, 5.74) is 0. The summed E-state index contributed by atoms with van der Waals surface area (Å²) in [6, 6.07) is 9.64. The second-order valence-electron chi connectivity index (χ2n) is 3.49. The van der Waals surface area contributed by atoms with Gasteiger partial charge in [0.05, 0.1) is 26.5 Å². The maximum atomic E-state index is 12.0. The number of carboxylic acids is 1. The standard InChI is InChI=1S/C12H9ClO4S/c13-9-3-1-2-4-11(9)18(16)7-8-5-6-10(17-8)12(14)15/h1-6H,7H2,(H,14,15)/t18-/m1/s1. The molecule has 0 bridgehead atoms. The summed E-state index contributed by atoms with van der Waals surface area (Å²) in [6.45, 7) is 0. The summed E-state index contributed by atoms with van der Waals surface area (Å²) in [6.07, 6.45) is 0. The van der Waals surface area contributed by atoms with Gasteiger partial charge in [0.2, 0.25) is 5.76 Å². The number of carbonyl (C=O) groups is 1. The van der Waals surface area contributed by atoms with Gasteiger partial charge in [0.1, 0.15) is 5.76 Å². The molecule has 0 aliphatic carbocycles. The van der Waals surface area contributed by atoms with E-state index in [1.807, 2.05) is 0 Å². The fourth-order valence-electron chi connectivity index (χ4n) is 1.41. The molecule has 0 unspecified atom stereocenters. The van der Waals surface area contributed by atoms with E-state index < -0.39 is 16.8 Å². The molecule has 1 heterocycles. The summed E-state index contributed by atoms with van der Waals surface area (Å²) in [7, 11) is -1.36. The molecular weight excluding hydrogens is 276 g/mol. The Bertz CT molecular complexity index is 606. The maximum Gasteiger partial charge on any atom is 0.371 e. The lowest BCUT2D eigenvalue weighted by Crippen LogP contribution is -1.96. The number of halogens is 1. The van der Waals surface area contributed by atoms with Crippen molar-refractivity contribution in [2.45, 2.75) is 10.6 Å². The van der Waals surface area contributed by atoms with Gasteiger partial charge in [0.25, 0.3) is 0 Å². The molecule has 0 radical (unpaired) electrons. The average Bonchev–Trinajstić information content (AvgIpc) is 2.78. The van der Waals surface area contributed by atoms with Crippen LogP contribution in [0.1, 0.15) is 16.3 Å². The van der Waals surface area contributed by atoms with Crippen molar-refractivity contribution in [2.24, 2.45) is 0 Å². The van der Waals surface area contributed by atoms with E-state index in [0.717, 1.165) is 0 Å². The Morgan fingerprint density at radius 3 is 2.61 bits per heavy atom. The Morgan fingerprint density at radius 1 is 1.28 bits per heavy atom. The minimum absolute atomic E-state index is 0.0943. The molecule has 6 heteroatoms. The van der Waals surface area contributed by atoms with E-state index in [0.29, 0.717) is 15.7 Å². The topological polar surface area (TPSA) is 67.5 Å². The summed E-state index contributed by atoms with van der Waals surface area (Å²) in [5.74, 6) is -0.867. The van der Waals surface area contributed by atoms with Crippen LogP contribution < -0.4 is 0 Å². The van der Waals surface area contributed by atoms with E-state index in [-0.39, 0.29) is 11.5 Å². The lowest BCUT2D eigenvalue weighted by atomic mass is 10.4. The third kappa shape index (κ3) is 2.80. The van der Waals surface area contributed by atoms with E-state index in [4.69, 9.17) is 21.1 Å². The van der Waals surface area contributed by atoms with Gasteiger partial charge < -0.3 is 9.52 Å². The van der Waals surface area contributed by atoms with Gasteiger partial charge in [-0.05, 0) is 24.3 Å². The highest BCUT2D eigenvalue weighted by Gasteiger charge is 2.13. The van der Waals surface area contributed by atoms with Crippen LogP contribution >= 0.6 is 11.6 Å². The van der Waals surface area contributed by atoms with Crippen molar-refractivity contribution in [1.29, 1.82) is 0 Å². The molecule has 0 saturated heterocycles. The summed E-state index contributed by atoms with van der Waals surface area (Å²) in [5, 5.41) is 9.12. The SMILES string of the molecule is O=C(O)c1ccc(C[S@@](=O)c2ccccc2Cl)o1.